The van der Waals surface area contributed by atoms with Crippen LogP contribution < -0.4 is 0 Å². The number of ether oxygens (including phenoxy) is 1. The number of amides is 2. The minimum atomic E-state index is -0.645. The number of nitrogens with zero attached hydrogens (tertiary/aromatic N) is 1. The monoisotopic (exact) mass is 405 g/mol. The van der Waals surface area contributed by atoms with E-state index in [1.54, 1.807) is 12.1 Å². The molecular weight excluding hydrogens is 386 g/mol. The molecule has 0 N–H and O–H groups in total. The Morgan fingerprint density at radius 3 is 2.10 bits per heavy atom. The fourth-order valence-electron chi connectivity index (χ4n) is 4.82. The first-order valence-electron chi connectivity index (χ1n) is 9.88. The summed E-state index contributed by atoms with van der Waals surface area (Å²) < 4.78 is 5.35. The second-order valence-corrected chi connectivity index (χ2v) is 8.19. The Morgan fingerprint density at radius 1 is 0.933 bits per heavy atom. The predicted octanol–water partition coefficient (Wildman–Crippen LogP) is 2.90. The molecule has 1 aliphatic heterocycles. The smallest absolute Gasteiger partial charge is 0.337 e. The van der Waals surface area contributed by atoms with E-state index in [4.69, 9.17) is 9.57 Å². The maximum Gasteiger partial charge on any atom is 0.337 e. The highest BCUT2D eigenvalue weighted by molar-refractivity contribution is 6.20. The lowest BCUT2D eigenvalue weighted by Crippen LogP contribution is -2.65. The molecule has 3 saturated carbocycles. The highest BCUT2D eigenvalue weighted by Gasteiger charge is 2.70. The van der Waals surface area contributed by atoms with Crippen LogP contribution in [0.4, 0.5) is 0 Å². The summed E-state index contributed by atoms with van der Waals surface area (Å²) in [5.41, 5.74) is 0.834. The summed E-state index contributed by atoms with van der Waals surface area (Å²) >= 11 is 0. The zero-order valence-corrected chi connectivity index (χ0v) is 16.1. The van der Waals surface area contributed by atoms with Gasteiger partial charge < -0.3 is 9.57 Å². The van der Waals surface area contributed by atoms with Gasteiger partial charge in [-0.25, -0.2) is 4.79 Å². The molecule has 1 unspecified atom stereocenters. The first kappa shape index (κ1) is 18.5. The highest BCUT2D eigenvalue weighted by Crippen LogP contribution is 2.71. The molecule has 6 rings (SSSR count). The van der Waals surface area contributed by atoms with Crippen LogP contribution in [0.2, 0.25) is 0 Å². The molecule has 3 fully saturated rings. The Hall–Kier alpha value is -3.48. The van der Waals surface area contributed by atoms with Gasteiger partial charge in [-0.3, -0.25) is 14.4 Å². The number of hydrogen-bond donors (Lipinski definition) is 0. The van der Waals surface area contributed by atoms with Crippen molar-refractivity contribution in [3.8, 4) is 0 Å². The van der Waals surface area contributed by atoms with Crippen LogP contribution in [0.5, 0.6) is 0 Å². The van der Waals surface area contributed by atoms with E-state index in [2.05, 4.69) is 0 Å². The third-order valence-electron chi connectivity index (χ3n) is 6.40. The fraction of sp³-hybridized carbons (Fsp3) is 0.304. The SMILES string of the molecule is O=C(CC12CC(C1)C2C(=O)ON1C(=O)c2ccccc2C1=O)OCc1ccccc1. The number of benzene rings is 2. The molecule has 0 aromatic heterocycles. The van der Waals surface area contributed by atoms with Crippen molar-refractivity contribution in [3.63, 3.8) is 0 Å². The van der Waals surface area contributed by atoms with Gasteiger partial charge in [0, 0.05) is 0 Å². The van der Waals surface area contributed by atoms with Crippen molar-refractivity contribution in [1.29, 1.82) is 0 Å². The Balaban J connectivity index is 1.20. The van der Waals surface area contributed by atoms with Crippen molar-refractivity contribution in [3.05, 3.63) is 71.3 Å². The molecule has 2 bridgehead atoms. The second-order valence-electron chi connectivity index (χ2n) is 8.19. The fourth-order valence-corrected chi connectivity index (χ4v) is 4.82. The lowest BCUT2D eigenvalue weighted by atomic mass is 9.36. The van der Waals surface area contributed by atoms with E-state index in [0.29, 0.717) is 5.06 Å². The number of rotatable bonds is 6. The van der Waals surface area contributed by atoms with Crippen LogP contribution in [-0.4, -0.2) is 28.8 Å². The zero-order valence-electron chi connectivity index (χ0n) is 16.1. The summed E-state index contributed by atoms with van der Waals surface area (Å²) in [6, 6.07) is 15.7. The minimum Gasteiger partial charge on any atom is -0.461 e. The lowest BCUT2D eigenvalue weighted by molar-refractivity contribution is -0.235. The normalized spacial score (nSPS) is 25.8. The van der Waals surface area contributed by atoms with Gasteiger partial charge in [-0.2, -0.15) is 0 Å². The van der Waals surface area contributed by atoms with Crippen LogP contribution in [0.1, 0.15) is 45.5 Å². The van der Waals surface area contributed by atoms with Crippen molar-refractivity contribution in [2.45, 2.75) is 25.9 Å². The predicted molar refractivity (Wildman–Crippen MR) is 103 cm³/mol. The van der Waals surface area contributed by atoms with Crippen LogP contribution in [0.25, 0.3) is 0 Å². The highest BCUT2D eigenvalue weighted by atomic mass is 16.7. The average Bonchev–Trinajstić information content (AvgIpc) is 2.95. The van der Waals surface area contributed by atoms with Gasteiger partial charge >= 0.3 is 11.9 Å². The largest absolute Gasteiger partial charge is 0.461 e. The molecule has 0 saturated heterocycles. The van der Waals surface area contributed by atoms with Gasteiger partial charge in [-0.15, -0.1) is 0 Å². The average molecular weight is 405 g/mol. The molecule has 7 nitrogen and oxygen atoms in total. The molecule has 3 aliphatic carbocycles. The van der Waals surface area contributed by atoms with Gasteiger partial charge in [0.05, 0.1) is 23.5 Å². The number of fused-ring (bicyclic) bond motifs is 1. The van der Waals surface area contributed by atoms with Crippen molar-refractivity contribution in [2.24, 2.45) is 17.3 Å². The van der Waals surface area contributed by atoms with E-state index < -0.39 is 29.1 Å². The zero-order chi connectivity index (χ0) is 20.9. The molecule has 2 aromatic rings. The molecular formula is C23H19NO6. The number of hydrogen-bond acceptors (Lipinski definition) is 6. The Labute approximate surface area is 172 Å². The van der Waals surface area contributed by atoms with E-state index >= 15 is 0 Å². The summed E-state index contributed by atoms with van der Waals surface area (Å²) in [4.78, 5) is 55.0. The van der Waals surface area contributed by atoms with Crippen molar-refractivity contribution >= 4 is 23.8 Å². The molecule has 1 atom stereocenters. The summed E-state index contributed by atoms with van der Waals surface area (Å²) in [6.45, 7) is 0.184. The van der Waals surface area contributed by atoms with Crippen molar-refractivity contribution in [1.82, 2.24) is 5.06 Å². The number of esters is 1. The van der Waals surface area contributed by atoms with Crippen molar-refractivity contribution in [2.75, 3.05) is 0 Å². The van der Waals surface area contributed by atoms with Crippen LogP contribution in [0.3, 0.4) is 0 Å². The molecule has 7 heteroatoms. The van der Waals surface area contributed by atoms with Crippen LogP contribution >= 0.6 is 0 Å². The molecule has 0 spiro atoms. The maximum atomic E-state index is 12.7. The van der Waals surface area contributed by atoms with E-state index in [0.717, 1.165) is 18.4 Å². The first-order chi connectivity index (χ1) is 14.5. The third-order valence-corrected chi connectivity index (χ3v) is 6.40. The number of carbonyl (C=O) groups excluding carboxylic acids is 4. The molecule has 2 aromatic carbocycles. The molecule has 2 amide bonds. The Kier molecular flexibility index (Phi) is 4.20. The van der Waals surface area contributed by atoms with E-state index in [-0.39, 0.29) is 36.0 Å². The van der Waals surface area contributed by atoms with E-state index in [1.807, 2.05) is 30.3 Å². The van der Waals surface area contributed by atoms with E-state index in [1.165, 1.54) is 12.1 Å². The van der Waals surface area contributed by atoms with Crippen LogP contribution in [-0.2, 0) is 25.8 Å². The third kappa shape index (κ3) is 2.81. The Bertz CT molecular complexity index is 1020. The van der Waals surface area contributed by atoms with Gasteiger partial charge in [-0.05, 0) is 41.9 Å². The van der Waals surface area contributed by atoms with Crippen molar-refractivity contribution < 1.29 is 28.8 Å². The summed E-state index contributed by atoms with van der Waals surface area (Å²) in [5.74, 6) is -2.67. The van der Waals surface area contributed by atoms with Crippen LogP contribution in [0, 0.1) is 17.3 Å². The van der Waals surface area contributed by atoms with E-state index in [9.17, 15) is 19.2 Å². The van der Waals surface area contributed by atoms with Gasteiger partial charge in [0.15, 0.2) is 0 Å². The molecule has 30 heavy (non-hydrogen) atoms. The summed E-state index contributed by atoms with van der Waals surface area (Å²) in [6.07, 6.45) is 1.61. The number of carbonyl (C=O) groups is 4. The summed E-state index contributed by atoms with van der Waals surface area (Å²) in [5, 5.41) is 0.534. The quantitative estimate of drug-likeness (QED) is 0.542. The van der Waals surface area contributed by atoms with Gasteiger partial charge in [0.25, 0.3) is 11.8 Å². The molecule has 152 valence electrons. The topological polar surface area (TPSA) is 90.0 Å². The lowest BCUT2D eigenvalue weighted by Gasteiger charge is -2.66. The first-order valence-corrected chi connectivity index (χ1v) is 9.88. The minimum absolute atomic E-state index is 0.120. The van der Waals surface area contributed by atoms with Gasteiger partial charge in [-0.1, -0.05) is 47.5 Å². The summed E-state index contributed by atoms with van der Waals surface area (Å²) in [7, 11) is 0. The Morgan fingerprint density at radius 2 is 1.53 bits per heavy atom. The van der Waals surface area contributed by atoms with Gasteiger partial charge in [0.2, 0.25) is 0 Å². The molecule has 4 aliphatic rings. The maximum absolute atomic E-state index is 12.7. The standard InChI is InChI=1S/C23H19NO6/c25-18(29-13-14-6-2-1-3-7-14)12-23-10-15(11-23)19(23)22(28)30-24-20(26)16-8-4-5-9-17(16)21(24)27/h1-9,15,19H,10-13H2. The number of hydroxylamine groups is 2. The van der Waals surface area contributed by atoms with Gasteiger partial charge in [0.1, 0.15) is 6.61 Å². The molecule has 0 radical (unpaired) electrons. The molecule has 1 heterocycles. The second kappa shape index (κ2) is 6.79. The number of imide groups is 1. The van der Waals surface area contributed by atoms with Crippen LogP contribution in [0.15, 0.2) is 54.6 Å².